The number of benzene rings is 6. The van der Waals surface area contributed by atoms with Crippen LogP contribution in [0.4, 0.5) is 0 Å². The van der Waals surface area contributed by atoms with Crippen LogP contribution in [0.15, 0.2) is 146 Å². The van der Waals surface area contributed by atoms with Crippen molar-refractivity contribution in [1.29, 1.82) is 0 Å². The quantitative estimate of drug-likeness (QED) is 0.0568. The highest BCUT2D eigenvalue weighted by Crippen LogP contribution is 2.36. The Balaban J connectivity index is 0.736. The third-order valence-electron chi connectivity index (χ3n) is 12.9. The molecular weight excluding hydrogens is 845 g/mol. The van der Waals surface area contributed by atoms with Crippen LogP contribution in [0, 0.1) is 0 Å². The van der Waals surface area contributed by atoms with Crippen LogP contribution in [-0.4, -0.2) is 87.5 Å². The Bertz CT molecular complexity index is 2280. The van der Waals surface area contributed by atoms with Crippen molar-refractivity contribution in [2.24, 2.45) is 0 Å². The highest BCUT2D eigenvalue weighted by molar-refractivity contribution is 5.45. The lowest BCUT2D eigenvalue weighted by atomic mass is 9.78. The van der Waals surface area contributed by atoms with Gasteiger partial charge in [-0.2, -0.15) is 0 Å². The summed E-state index contributed by atoms with van der Waals surface area (Å²) in [7, 11) is 0. The van der Waals surface area contributed by atoms with Crippen LogP contribution in [-0.2, 0) is 25.7 Å². The molecule has 2 fully saturated rings. The first-order valence-corrected chi connectivity index (χ1v) is 23.2. The minimum Gasteiger partial charge on any atom is -0.491 e. The molecule has 0 aliphatic carbocycles. The molecule has 2 aliphatic rings. The Morgan fingerprint density at radius 1 is 0.358 bits per heavy atom. The molecule has 0 bridgehead atoms. The Labute approximate surface area is 395 Å². The van der Waals surface area contributed by atoms with E-state index in [0.29, 0.717) is 36.2 Å². The number of hydrogen-bond donors (Lipinski definition) is 2. The van der Waals surface area contributed by atoms with Gasteiger partial charge in [0.1, 0.15) is 98.6 Å². The van der Waals surface area contributed by atoms with E-state index in [0.717, 1.165) is 47.0 Å². The van der Waals surface area contributed by atoms with Crippen LogP contribution in [0.2, 0.25) is 0 Å². The van der Waals surface area contributed by atoms with E-state index in [9.17, 15) is 10.2 Å². The molecule has 352 valence electrons. The topological polar surface area (TPSA) is 121 Å². The van der Waals surface area contributed by atoms with Crippen LogP contribution in [0.25, 0.3) is 0 Å². The van der Waals surface area contributed by atoms with Gasteiger partial charge in [-0.15, -0.1) is 0 Å². The van der Waals surface area contributed by atoms with Gasteiger partial charge in [-0.1, -0.05) is 114 Å². The molecule has 0 aromatic heterocycles. The first-order valence-electron chi connectivity index (χ1n) is 23.2. The fourth-order valence-corrected chi connectivity index (χ4v) is 7.88. The monoisotopic (exact) mass is 908 g/mol. The van der Waals surface area contributed by atoms with E-state index in [1.807, 2.05) is 97.1 Å². The van der Waals surface area contributed by atoms with Crippen LogP contribution in [0.3, 0.4) is 0 Å². The Kier molecular flexibility index (Phi) is 14.8. The molecule has 4 unspecified atom stereocenters. The summed E-state index contributed by atoms with van der Waals surface area (Å²) in [5, 5.41) is 21.4. The zero-order valence-corrected chi connectivity index (χ0v) is 39.5. The molecule has 8 rings (SSSR count). The van der Waals surface area contributed by atoms with Gasteiger partial charge in [0.15, 0.2) is 0 Å². The average molecular weight is 909 g/mol. The molecule has 2 aliphatic heterocycles. The third kappa shape index (κ3) is 12.7. The molecule has 0 amide bonds. The van der Waals surface area contributed by atoms with Gasteiger partial charge >= 0.3 is 0 Å². The fourth-order valence-electron chi connectivity index (χ4n) is 7.88. The SMILES string of the molecule is CC(C)(c1ccc(OCC(O)COc2ccc(C(C)(C)c3ccc(OCC4CO4)cc3)cc2)cc1)c1ccc(OCC(O)COc2ccc(C(C)(C)c3ccc(OCC4CO4)cc3)cc2)cc1. The normalized spacial score (nSPS) is 16.7. The number of hydrogen-bond acceptors (Lipinski definition) is 10. The number of epoxide rings is 2. The van der Waals surface area contributed by atoms with Crippen LogP contribution >= 0.6 is 0 Å². The highest BCUT2D eigenvalue weighted by Gasteiger charge is 2.27. The molecule has 67 heavy (non-hydrogen) atoms. The standard InChI is InChI=1S/C57H64O10/c1-55(2,39-7-19-47(20-8-39)60-31-45(58)33-62-49-23-11-41(12-24-49)56(3,4)43-15-27-51(28-16-43)64-35-53-37-66-53)40-9-21-48(22-10-40)61-32-46(59)34-63-50-25-13-42(14-26-50)57(5,6)44-17-29-52(30-18-44)65-36-54-38-67-54/h7-30,45-46,53-54,58-59H,31-38H2,1-6H3. The highest BCUT2D eigenvalue weighted by atomic mass is 16.6. The molecule has 0 spiro atoms. The predicted molar refractivity (Wildman–Crippen MR) is 259 cm³/mol. The van der Waals surface area contributed by atoms with Gasteiger partial charge in [0.2, 0.25) is 0 Å². The van der Waals surface area contributed by atoms with Gasteiger partial charge in [-0.05, 0) is 106 Å². The summed E-state index contributed by atoms with van der Waals surface area (Å²) in [6, 6.07) is 48.4. The predicted octanol–water partition coefficient (Wildman–Crippen LogP) is 9.86. The van der Waals surface area contributed by atoms with Crippen molar-refractivity contribution in [2.75, 3.05) is 52.9 Å². The maximum Gasteiger partial charge on any atom is 0.122 e. The maximum absolute atomic E-state index is 10.7. The molecular formula is C57H64O10. The fraction of sp³-hybridized carbons (Fsp3) is 0.368. The molecule has 6 aromatic carbocycles. The largest absolute Gasteiger partial charge is 0.491 e. The number of rotatable bonds is 24. The van der Waals surface area contributed by atoms with Crippen molar-refractivity contribution in [1.82, 2.24) is 0 Å². The molecule has 2 N–H and O–H groups in total. The van der Waals surface area contributed by atoms with Gasteiger partial charge in [0, 0.05) is 16.2 Å². The molecule has 0 radical (unpaired) electrons. The third-order valence-corrected chi connectivity index (χ3v) is 12.9. The van der Waals surface area contributed by atoms with E-state index < -0.39 is 12.2 Å². The zero-order chi connectivity index (χ0) is 47.0. The summed E-state index contributed by atoms with van der Waals surface area (Å²) < 4.78 is 45.8. The molecule has 2 saturated heterocycles. The van der Waals surface area contributed by atoms with Gasteiger partial charge < -0.3 is 48.1 Å². The second kappa shape index (κ2) is 20.9. The summed E-state index contributed by atoms with van der Waals surface area (Å²) in [5.74, 6) is 4.38. The molecule has 6 aromatic rings. The van der Waals surface area contributed by atoms with E-state index in [4.69, 9.17) is 37.9 Å². The second-order valence-corrected chi connectivity index (χ2v) is 19.1. The molecule has 10 nitrogen and oxygen atoms in total. The summed E-state index contributed by atoms with van der Waals surface area (Å²) >= 11 is 0. The summed E-state index contributed by atoms with van der Waals surface area (Å²) in [6.45, 7) is 16.2. The second-order valence-electron chi connectivity index (χ2n) is 19.1. The average Bonchev–Trinajstić information content (AvgIpc) is 4.30. The van der Waals surface area contributed by atoms with E-state index >= 15 is 0 Å². The zero-order valence-electron chi connectivity index (χ0n) is 39.5. The van der Waals surface area contributed by atoms with E-state index in [1.165, 1.54) is 11.1 Å². The lowest BCUT2D eigenvalue weighted by molar-refractivity contribution is 0.0626. The summed E-state index contributed by atoms with van der Waals surface area (Å²) in [5.41, 5.74) is 6.15. The number of aliphatic hydroxyl groups is 2. The van der Waals surface area contributed by atoms with Gasteiger partial charge in [-0.25, -0.2) is 0 Å². The lowest BCUT2D eigenvalue weighted by Gasteiger charge is -2.27. The molecule has 10 heteroatoms. The molecule has 0 saturated carbocycles. The van der Waals surface area contributed by atoms with Crippen molar-refractivity contribution in [3.05, 3.63) is 179 Å². The van der Waals surface area contributed by atoms with Crippen molar-refractivity contribution in [3.8, 4) is 34.5 Å². The van der Waals surface area contributed by atoms with Crippen molar-refractivity contribution >= 4 is 0 Å². The molecule has 2 heterocycles. The lowest BCUT2D eigenvalue weighted by Crippen LogP contribution is -2.25. The first-order chi connectivity index (χ1) is 32.2. The smallest absolute Gasteiger partial charge is 0.122 e. The van der Waals surface area contributed by atoms with Crippen molar-refractivity contribution in [3.63, 3.8) is 0 Å². The van der Waals surface area contributed by atoms with E-state index in [2.05, 4.69) is 90.1 Å². The first kappa shape index (κ1) is 47.5. The Morgan fingerprint density at radius 2 is 0.537 bits per heavy atom. The minimum absolute atomic E-state index is 0.0969. The van der Waals surface area contributed by atoms with Gasteiger partial charge in [0.05, 0.1) is 13.2 Å². The van der Waals surface area contributed by atoms with Crippen LogP contribution < -0.4 is 28.4 Å². The summed E-state index contributed by atoms with van der Waals surface area (Å²) in [6.07, 6.45) is -1.17. The number of ether oxygens (including phenoxy) is 8. The summed E-state index contributed by atoms with van der Waals surface area (Å²) in [4.78, 5) is 0. The van der Waals surface area contributed by atoms with Gasteiger partial charge in [0.25, 0.3) is 0 Å². The maximum atomic E-state index is 10.7. The van der Waals surface area contributed by atoms with Crippen molar-refractivity contribution in [2.45, 2.75) is 82.2 Å². The number of aliphatic hydroxyl groups excluding tert-OH is 2. The Morgan fingerprint density at radius 3 is 0.716 bits per heavy atom. The van der Waals surface area contributed by atoms with Crippen molar-refractivity contribution < 1.29 is 48.1 Å². The minimum atomic E-state index is -0.811. The van der Waals surface area contributed by atoms with Gasteiger partial charge in [-0.3, -0.25) is 0 Å². The van der Waals surface area contributed by atoms with Crippen LogP contribution in [0.5, 0.6) is 34.5 Å². The van der Waals surface area contributed by atoms with E-state index in [1.54, 1.807) is 0 Å². The van der Waals surface area contributed by atoms with Crippen LogP contribution in [0.1, 0.15) is 74.9 Å². The molecule has 4 atom stereocenters. The van der Waals surface area contributed by atoms with E-state index in [-0.39, 0.29) is 54.9 Å². The Hall–Kier alpha value is -6.04.